The summed E-state index contributed by atoms with van der Waals surface area (Å²) in [6.07, 6.45) is 6.94. The zero-order chi connectivity index (χ0) is 25.6. The maximum absolute atomic E-state index is 8.38. The molecule has 0 amide bonds. The van der Waals surface area contributed by atoms with E-state index < -0.39 is 19.1 Å². The Morgan fingerprint density at radius 2 is 1.11 bits per heavy atom. The SMILES string of the molecule is CCCCCC[SiH](C)[Ti]([Cl])([Cl])([c]1cccc2c1Cc1ccccc1-2)[c]1cccc2c1Cc1ccccc1-2. The molecule has 0 bridgehead atoms. The topological polar surface area (TPSA) is 0 Å². The second-order valence-electron chi connectivity index (χ2n) is 11.2. The molecule has 0 saturated carbocycles. The Kier molecular flexibility index (Phi) is 6.83. The van der Waals surface area contributed by atoms with Crippen molar-refractivity contribution in [2.45, 2.75) is 58.0 Å². The Hall–Kier alpha value is -1.61. The van der Waals surface area contributed by atoms with Crippen molar-refractivity contribution in [1.29, 1.82) is 0 Å². The van der Waals surface area contributed by atoms with Crippen LogP contribution in [0.5, 0.6) is 0 Å². The molecule has 189 valence electrons. The molecule has 4 aromatic carbocycles. The maximum atomic E-state index is 8.38. The third-order valence-corrected chi connectivity index (χ3v) is 41.2. The summed E-state index contributed by atoms with van der Waals surface area (Å²) in [7, 11) is 16.8. The molecule has 2 aliphatic carbocycles. The van der Waals surface area contributed by atoms with E-state index in [0.717, 1.165) is 12.8 Å². The van der Waals surface area contributed by atoms with E-state index in [1.807, 2.05) is 0 Å². The van der Waals surface area contributed by atoms with E-state index in [0.29, 0.717) is 0 Å². The van der Waals surface area contributed by atoms with E-state index in [9.17, 15) is 0 Å². The van der Waals surface area contributed by atoms with Crippen molar-refractivity contribution < 1.29 is 12.4 Å². The molecule has 0 fully saturated rings. The monoisotopic (exact) mass is 577 g/mol. The number of hydrogen-bond donors (Lipinski definition) is 0. The minimum atomic E-state index is -4.45. The van der Waals surface area contributed by atoms with Crippen LogP contribution in [0, 0.1) is 0 Å². The predicted octanol–water partition coefficient (Wildman–Crippen LogP) is 8.71. The first-order chi connectivity index (χ1) is 17.9. The van der Waals surface area contributed by atoms with Gasteiger partial charge < -0.3 is 0 Å². The van der Waals surface area contributed by atoms with Crippen molar-refractivity contribution in [2.24, 2.45) is 0 Å². The van der Waals surface area contributed by atoms with Crippen LogP contribution in [0.4, 0.5) is 0 Å². The van der Waals surface area contributed by atoms with Crippen LogP contribution < -0.4 is 7.74 Å². The Morgan fingerprint density at radius 3 is 1.62 bits per heavy atom. The van der Waals surface area contributed by atoms with Crippen LogP contribution in [0.2, 0.25) is 12.6 Å². The van der Waals surface area contributed by atoms with Gasteiger partial charge in [-0.3, -0.25) is 0 Å². The third-order valence-electron chi connectivity index (χ3n) is 9.05. The van der Waals surface area contributed by atoms with Crippen LogP contribution in [0.3, 0.4) is 0 Å². The van der Waals surface area contributed by atoms with E-state index >= 15 is 0 Å². The number of fused-ring (bicyclic) bond motifs is 6. The van der Waals surface area contributed by atoms with Crippen molar-refractivity contribution in [2.75, 3.05) is 0 Å². The van der Waals surface area contributed by atoms with Crippen molar-refractivity contribution in [3.8, 4) is 22.3 Å². The first-order valence-electron chi connectivity index (χ1n) is 13.9. The molecule has 0 aliphatic heterocycles. The summed E-state index contributed by atoms with van der Waals surface area (Å²) < 4.78 is 2.63. The summed E-state index contributed by atoms with van der Waals surface area (Å²) in [4.78, 5) is 0. The fourth-order valence-corrected chi connectivity index (χ4v) is 29.7. The Bertz CT molecular complexity index is 1390. The molecule has 2 aliphatic rings. The summed E-state index contributed by atoms with van der Waals surface area (Å²) in [5.41, 5.74) is 11.0. The van der Waals surface area contributed by atoms with E-state index in [1.54, 1.807) is 0 Å². The van der Waals surface area contributed by atoms with Crippen LogP contribution in [0.1, 0.15) is 54.9 Å². The second kappa shape index (κ2) is 9.85. The summed E-state index contributed by atoms with van der Waals surface area (Å²) in [5, 5.41) is 0. The van der Waals surface area contributed by atoms with E-state index in [4.69, 9.17) is 18.6 Å². The van der Waals surface area contributed by atoms with Crippen LogP contribution in [-0.2, 0) is 25.3 Å². The molecule has 0 radical (unpaired) electrons. The average Bonchev–Trinajstić information content (AvgIpc) is 3.49. The zero-order valence-electron chi connectivity index (χ0n) is 21.9. The number of unbranched alkanes of at least 4 members (excludes halogenated alkanes) is 3. The van der Waals surface area contributed by atoms with Gasteiger partial charge in [0.15, 0.2) is 0 Å². The summed E-state index contributed by atoms with van der Waals surface area (Å²) in [6.45, 7) is 3.19. The van der Waals surface area contributed by atoms with Gasteiger partial charge in [-0.25, -0.2) is 0 Å². The summed E-state index contributed by atoms with van der Waals surface area (Å²) in [5.74, 6) is 0. The van der Waals surface area contributed by atoms with E-state index in [1.165, 1.54) is 84.0 Å². The van der Waals surface area contributed by atoms with Gasteiger partial charge in [-0.15, -0.1) is 0 Å². The van der Waals surface area contributed by atoms with Gasteiger partial charge in [-0.2, -0.15) is 0 Å². The second-order valence-corrected chi connectivity index (χ2v) is 38.3. The van der Waals surface area contributed by atoms with Gasteiger partial charge in [0.05, 0.1) is 0 Å². The third kappa shape index (κ3) is 4.05. The molecule has 1 unspecified atom stereocenters. The van der Waals surface area contributed by atoms with E-state index in [2.05, 4.69) is 98.4 Å². The molecule has 0 spiro atoms. The molecule has 0 heterocycles. The predicted molar refractivity (Wildman–Crippen MR) is 162 cm³/mol. The van der Waals surface area contributed by atoms with Gasteiger partial charge in [0.2, 0.25) is 0 Å². The van der Waals surface area contributed by atoms with Crippen molar-refractivity contribution >= 4 is 33.0 Å². The fraction of sp³-hybridized carbons (Fsp3) is 0.273. The van der Waals surface area contributed by atoms with Crippen molar-refractivity contribution in [1.82, 2.24) is 0 Å². The van der Waals surface area contributed by atoms with Crippen LogP contribution in [0.15, 0.2) is 84.9 Å². The quantitative estimate of drug-likeness (QED) is 0.125. The van der Waals surface area contributed by atoms with Gasteiger partial charge in [-0.1, -0.05) is 0 Å². The van der Waals surface area contributed by atoms with Crippen molar-refractivity contribution in [3.05, 3.63) is 107 Å². The molecular weight excluding hydrogens is 543 g/mol. The normalized spacial score (nSPS) is 15.3. The average molecular weight is 579 g/mol. The molecule has 4 heteroatoms. The Balaban J connectivity index is 1.56. The molecule has 37 heavy (non-hydrogen) atoms. The van der Waals surface area contributed by atoms with Crippen molar-refractivity contribution in [3.63, 3.8) is 0 Å². The van der Waals surface area contributed by atoms with Gasteiger partial charge >= 0.3 is 233 Å². The number of hydrogen-bond acceptors (Lipinski definition) is 0. The molecular formula is C33H35Cl2SiTi. The Morgan fingerprint density at radius 1 is 0.622 bits per heavy atom. The molecule has 0 N–H and O–H groups in total. The van der Waals surface area contributed by atoms with Crippen LogP contribution >= 0.6 is 18.6 Å². The fourth-order valence-electron chi connectivity index (χ4n) is 6.98. The standard InChI is InChI=1S/2C13H9.C7H17Si.2ClH.Ti/c2*1-3-7-12-10(5-1)9-11-6-2-4-8-13(11)12;1-3-4-5-6-7-8-2;;;/h2*1-5,7-8H,9H2;8H,3-7H2,1-2H3;2*1H;/q;;;;;+2/p-2. The summed E-state index contributed by atoms with van der Waals surface area (Å²) >= 11 is -4.45. The zero-order valence-corrected chi connectivity index (χ0v) is 26.1. The summed E-state index contributed by atoms with van der Waals surface area (Å²) in [6, 6.07) is 32.5. The van der Waals surface area contributed by atoms with Crippen LogP contribution in [-0.4, -0.2) is 6.66 Å². The molecule has 0 aromatic heterocycles. The van der Waals surface area contributed by atoms with Gasteiger partial charge in [0, 0.05) is 0 Å². The van der Waals surface area contributed by atoms with Gasteiger partial charge in [0.1, 0.15) is 0 Å². The molecule has 0 nitrogen and oxygen atoms in total. The Labute approximate surface area is 231 Å². The molecule has 4 aromatic rings. The molecule has 0 saturated heterocycles. The van der Waals surface area contributed by atoms with Gasteiger partial charge in [-0.05, 0) is 0 Å². The minimum absolute atomic E-state index is 0.937. The van der Waals surface area contributed by atoms with Gasteiger partial charge in [0.25, 0.3) is 0 Å². The molecule has 1 atom stereocenters. The van der Waals surface area contributed by atoms with E-state index in [-0.39, 0.29) is 0 Å². The number of benzene rings is 4. The molecule has 6 rings (SSSR count). The number of halogens is 2. The number of rotatable bonds is 8. The van der Waals surface area contributed by atoms with Crippen LogP contribution in [0.25, 0.3) is 22.3 Å². The first kappa shape index (κ1) is 25.7. The first-order valence-corrected chi connectivity index (χ1v) is 25.0.